The van der Waals surface area contributed by atoms with Crippen molar-refractivity contribution in [3.05, 3.63) is 70.2 Å². The molecule has 1 aromatic carbocycles. The Bertz CT molecular complexity index is 814. The summed E-state index contributed by atoms with van der Waals surface area (Å²) >= 11 is 1.57. The van der Waals surface area contributed by atoms with Gasteiger partial charge in [-0.2, -0.15) is 0 Å². The SMILES string of the molecule is Cc1ccccc1CNC(=O)CCc1nc(-c2ccccn2)cs1. The van der Waals surface area contributed by atoms with Gasteiger partial charge in [-0.05, 0) is 30.2 Å². The van der Waals surface area contributed by atoms with Crippen molar-refractivity contribution in [2.24, 2.45) is 0 Å². The molecule has 2 heterocycles. The number of benzene rings is 1. The summed E-state index contributed by atoms with van der Waals surface area (Å²) in [5.74, 6) is 0.0489. The number of nitrogens with zero attached hydrogens (tertiary/aromatic N) is 2. The average molecular weight is 337 g/mol. The maximum atomic E-state index is 12.0. The highest BCUT2D eigenvalue weighted by atomic mass is 32.1. The van der Waals surface area contributed by atoms with E-state index in [9.17, 15) is 4.79 Å². The van der Waals surface area contributed by atoms with Gasteiger partial charge >= 0.3 is 0 Å². The zero-order chi connectivity index (χ0) is 16.8. The van der Waals surface area contributed by atoms with Crippen molar-refractivity contribution in [1.82, 2.24) is 15.3 Å². The van der Waals surface area contributed by atoms with Gasteiger partial charge < -0.3 is 5.32 Å². The first-order valence-corrected chi connectivity index (χ1v) is 8.77. The lowest BCUT2D eigenvalue weighted by atomic mass is 10.1. The molecule has 0 atom stereocenters. The minimum atomic E-state index is 0.0489. The van der Waals surface area contributed by atoms with Crippen LogP contribution in [0.2, 0.25) is 0 Å². The number of carbonyl (C=O) groups is 1. The molecule has 2 aromatic heterocycles. The standard InChI is InChI=1S/C19H19N3OS/c1-14-6-2-3-7-15(14)12-21-18(23)9-10-19-22-17(13-24-19)16-8-4-5-11-20-16/h2-8,11,13H,9-10,12H2,1H3,(H,21,23). The third kappa shape index (κ3) is 4.26. The zero-order valence-corrected chi connectivity index (χ0v) is 14.3. The van der Waals surface area contributed by atoms with Gasteiger partial charge in [-0.15, -0.1) is 11.3 Å². The molecule has 0 unspecified atom stereocenters. The topological polar surface area (TPSA) is 54.9 Å². The van der Waals surface area contributed by atoms with Gasteiger partial charge in [0.1, 0.15) is 0 Å². The Morgan fingerprint density at radius 1 is 1.12 bits per heavy atom. The van der Waals surface area contributed by atoms with Gasteiger partial charge in [0.15, 0.2) is 0 Å². The van der Waals surface area contributed by atoms with Crippen molar-refractivity contribution in [3.8, 4) is 11.4 Å². The Hall–Kier alpha value is -2.53. The maximum absolute atomic E-state index is 12.0. The van der Waals surface area contributed by atoms with Gasteiger partial charge in [0.25, 0.3) is 0 Å². The molecule has 3 rings (SSSR count). The number of carbonyl (C=O) groups excluding carboxylic acids is 1. The quantitative estimate of drug-likeness (QED) is 0.745. The third-order valence-corrected chi connectivity index (χ3v) is 4.69. The minimum absolute atomic E-state index is 0.0489. The van der Waals surface area contributed by atoms with Gasteiger partial charge in [0.2, 0.25) is 5.91 Å². The van der Waals surface area contributed by atoms with Crippen LogP contribution in [0.15, 0.2) is 54.0 Å². The Morgan fingerprint density at radius 3 is 2.75 bits per heavy atom. The van der Waals surface area contributed by atoms with Crippen LogP contribution in [0, 0.1) is 6.92 Å². The lowest BCUT2D eigenvalue weighted by Crippen LogP contribution is -2.23. The first-order valence-electron chi connectivity index (χ1n) is 7.89. The summed E-state index contributed by atoms with van der Waals surface area (Å²) in [6.07, 6.45) is 2.85. The molecule has 0 radical (unpaired) electrons. The summed E-state index contributed by atoms with van der Waals surface area (Å²) in [4.78, 5) is 20.9. The molecule has 5 heteroatoms. The number of thiazole rings is 1. The molecular formula is C19H19N3OS. The van der Waals surface area contributed by atoms with Gasteiger partial charge in [0, 0.05) is 31.0 Å². The number of nitrogens with one attached hydrogen (secondary N) is 1. The number of aromatic nitrogens is 2. The van der Waals surface area contributed by atoms with Crippen molar-refractivity contribution < 1.29 is 4.79 Å². The fourth-order valence-corrected chi connectivity index (χ4v) is 3.16. The molecule has 4 nitrogen and oxygen atoms in total. The number of rotatable bonds is 6. The van der Waals surface area contributed by atoms with Crippen LogP contribution in [0.3, 0.4) is 0 Å². The van der Waals surface area contributed by atoms with Crippen molar-refractivity contribution in [2.45, 2.75) is 26.3 Å². The second kappa shape index (κ2) is 7.84. The first-order chi connectivity index (χ1) is 11.7. The van der Waals surface area contributed by atoms with Gasteiger partial charge in [0.05, 0.1) is 16.4 Å². The molecule has 0 saturated carbocycles. The van der Waals surface area contributed by atoms with Gasteiger partial charge in [-0.1, -0.05) is 30.3 Å². The zero-order valence-electron chi connectivity index (χ0n) is 13.5. The van der Waals surface area contributed by atoms with E-state index in [1.165, 1.54) is 5.56 Å². The molecule has 0 saturated heterocycles. The normalized spacial score (nSPS) is 10.5. The molecule has 3 aromatic rings. The summed E-state index contributed by atoms with van der Waals surface area (Å²) in [6, 6.07) is 13.8. The largest absolute Gasteiger partial charge is 0.352 e. The van der Waals surface area contributed by atoms with E-state index in [1.807, 2.05) is 41.8 Å². The smallest absolute Gasteiger partial charge is 0.220 e. The molecule has 122 valence electrons. The van der Waals surface area contributed by atoms with E-state index in [2.05, 4.69) is 28.3 Å². The minimum Gasteiger partial charge on any atom is -0.352 e. The van der Waals surface area contributed by atoms with Crippen molar-refractivity contribution in [3.63, 3.8) is 0 Å². The van der Waals surface area contributed by atoms with Crippen LogP contribution in [-0.4, -0.2) is 15.9 Å². The number of amides is 1. The number of pyridine rings is 1. The molecule has 1 N–H and O–H groups in total. The van der Waals surface area contributed by atoms with Gasteiger partial charge in [-0.3, -0.25) is 9.78 Å². The predicted molar refractivity (Wildman–Crippen MR) is 96.7 cm³/mol. The Morgan fingerprint density at radius 2 is 1.96 bits per heavy atom. The van der Waals surface area contributed by atoms with E-state index in [4.69, 9.17) is 0 Å². The molecule has 1 amide bonds. The summed E-state index contributed by atoms with van der Waals surface area (Å²) in [7, 11) is 0. The van der Waals surface area contributed by atoms with Crippen LogP contribution in [0.5, 0.6) is 0 Å². The number of hydrogen-bond donors (Lipinski definition) is 1. The highest BCUT2D eigenvalue weighted by molar-refractivity contribution is 7.09. The Labute approximate surface area is 145 Å². The van der Waals surface area contributed by atoms with E-state index < -0.39 is 0 Å². The molecule has 0 aliphatic heterocycles. The van der Waals surface area contributed by atoms with Crippen molar-refractivity contribution in [2.75, 3.05) is 0 Å². The number of aryl methyl sites for hydroxylation is 2. The second-order valence-electron chi connectivity index (χ2n) is 5.54. The molecule has 0 spiro atoms. The Kier molecular flexibility index (Phi) is 5.33. The van der Waals surface area contributed by atoms with E-state index in [0.29, 0.717) is 19.4 Å². The summed E-state index contributed by atoms with van der Waals surface area (Å²) in [5, 5.41) is 5.92. The van der Waals surface area contributed by atoms with E-state index >= 15 is 0 Å². The summed E-state index contributed by atoms with van der Waals surface area (Å²) in [6.45, 7) is 2.62. The Balaban J connectivity index is 1.50. The molecule has 0 aliphatic rings. The fraction of sp³-hybridized carbons (Fsp3) is 0.211. The molecule has 24 heavy (non-hydrogen) atoms. The monoisotopic (exact) mass is 337 g/mol. The maximum Gasteiger partial charge on any atom is 0.220 e. The number of hydrogen-bond acceptors (Lipinski definition) is 4. The van der Waals surface area contributed by atoms with Crippen LogP contribution in [0.25, 0.3) is 11.4 Å². The first kappa shape index (κ1) is 16.3. The highest BCUT2D eigenvalue weighted by Crippen LogP contribution is 2.20. The van der Waals surface area contributed by atoms with Crippen LogP contribution in [0.1, 0.15) is 22.6 Å². The van der Waals surface area contributed by atoms with Crippen molar-refractivity contribution >= 4 is 17.2 Å². The fourth-order valence-electron chi connectivity index (χ4n) is 2.37. The lowest BCUT2D eigenvalue weighted by Gasteiger charge is -2.07. The van der Waals surface area contributed by atoms with Crippen LogP contribution in [-0.2, 0) is 17.8 Å². The predicted octanol–water partition coefficient (Wildman–Crippen LogP) is 3.76. The van der Waals surface area contributed by atoms with Gasteiger partial charge in [-0.25, -0.2) is 4.98 Å². The highest BCUT2D eigenvalue weighted by Gasteiger charge is 2.08. The lowest BCUT2D eigenvalue weighted by molar-refractivity contribution is -0.121. The van der Waals surface area contributed by atoms with E-state index in [-0.39, 0.29) is 5.91 Å². The van der Waals surface area contributed by atoms with E-state index in [0.717, 1.165) is 22.0 Å². The third-order valence-electron chi connectivity index (χ3n) is 3.78. The summed E-state index contributed by atoms with van der Waals surface area (Å²) < 4.78 is 0. The second-order valence-corrected chi connectivity index (χ2v) is 6.49. The molecule has 0 fully saturated rings. The van der Waals surface area contributed by atoms with Crippen molar-refractivity contribution in [1.29, 1.82) is 0 Å². The average Bonchev–Trinajstić information content (AvgIpc) is 3.09. The molecule has 0 aliphatic carbocycles. The summed E-state index contributed by atoms with van der Waals surface area (Å²) in [5.41, 5.74) is 4.08. The van der Waals surface area contributed by atoms with Crippen LogP contribution >= 0.6 is 11.3 Å². The van der Waals surface area contributed by atoms with Crippen LogP contribution < -0.4 is 5.32 Å². The molecule has 0 bridgehead atoms. The van der Waals surface area contributed by atoms with Crippen LogP contribution in [0.4, 0.5) is 0 Å². The molecular weight excluding hydrogens is 318 g/mol. The van der Waals surface area contributed by atoms with E-state index in [1.54, 1.807) is 17.5 Å².